The third-order valence-corrected chi connectivity index (χ3v) is 7.70. The van der Waals surface area contributed by atoms with Crippen molar-refractivity contribution in [3.63, 3.8) is 0 Å². The van der Waals surface area contributed by atoms with Gasteiger partial charge in [0, 0.05) is 26.2 Å². The van der Waals surface area contributed by atoms with E-state index in [1.807, 2.05) is 24.3 Å². The fourth-order valence-electron chi connectivity index (χ4n) is 4.32. The minimum absolute atomic E-state index is 0.315. The maximum absolute atomic E-state index is 13.0. The number of sulfonamides is 1. The Balaban J connectivity index is 1.25. The van der Waals surface area contributed by atoms with Crippen LogP contribution in [0.2, 0.25) is 0 Å². The SMILES string of the molecule is CS(=O)(=O)N1CCC(O)(c2ccc(OCC3CCN(c4ncc(F)cn4)CC3)cc2)CC1. The summed E-state index contributed by atoms with van der Waals surface area (Å²) in [7, 11) is -3.23. The van der Waals surface area contributed by atoms with Crippen molar-refractivity contribution in [2.45, 2.75) is 31.3 Å². The van der Waals surface area contributed by atoms with E-state index in [9.17, 15) is 17.9 Å². The number of aromatic nitrogens is 2. The average Bonchev–Trinajstić information content (AvgIpc) is 2.79. The summed E-state index contributed by atoms with van der Waals surface area (Å²) in [5, 5.41) is 11.0. The quantitative estimate of drug-likeness (QED) is 0.700. The molecule has 0 aliphatic carbocycles. The van der Waals surface area contributed by atoms with E-state index in [-0.39, 0.29) is 0 Å². The molecule has 2 aliphatic heterocycles. The molecule has 1 aromatic heterocycles. The van der Waals surface area contributed by atoms with Crippen LogP contribution in [0.1, 0.15) is 31.2 Å². The summed E-state index contributed by atoms with van der Waals surface area (Å²) in [6, 6.07) is 7.44. The van der Waals surface area contributed by atoms with Crippen molar-refractivity contribution >= 4 is 16.0 Å². The van der Waals surface area contributed by atoms with Gasteiger partial charge in [-0.1, -0.05) is 12.1 Å². The summed E-state index contributed by atoms with van der Waals surface area (Å²) < 4.78 is 43.7. The molecule has 0 unspecified atom stereocenters. The Bertz CT molecular complexity index is 1000. The lowest BCUT2D eigenvalue weighted by molar-refractivity contribution is -0.00953. The van der Waals surface area contributed by atoms with Crippen molar-refractivity contribution in [3.05, 3.63) is 48.0 Å². The first-order valence-corrected chi connectivity index (χ1v) is 12.7. The molecule has 32 heavy (non-hydrogen) atoms. The number of nitrogens with zero attached hydrogens (tertiary/aromatic N) is 4. The average molecular weight is 465 g/mol. The Morgan fingerprint density at radius 2 is 1.69 bits per heavy atom. The second kappa shape index (κ2) is 9.29. The molecule has 0 atom stereocenters. The molecule has 0 radical (unpaired) electrons. The highest BCUT2D eigenvalue weighted by Gasteiger charge is 2.36. The first-order chi connectivity index (χ1) is 15.2. The molecular formula is C22H29FN4O4S. The van der Waals surface area contributed by atoms with Gasteiger partial charge >= 0.3 is 0 Å². The molecule has 2 aliphatic rings. The van der Waals surface area contributed by atoms with E-state index in [0.717, 1.165) is 37.2 Å². The third-order valence-electron chi connectivity index (χ3n) is 6.40. The van der Waals surface area contributed by atoms with E-state index in [2.05, 4.69) is 14.9 Å². The molecule has 4 rings (SSSR count). The zero-order valence-electron chi connectivity index (χ0n) is 18.2. The van der Waals surface area contributed by atoms with E-state index in [1.165, 1.54) is 23.0 Å². The van der Waals surface area contributed by atoms with E-state index in [4.69, 9.17) is 4.74 Å². The number of ether oxygens (including phenoxy) is 1. The number of aliphatic hydroxyl groups is 1. The second-order valence-electron chi connectivity index (χ2n) is 8.66. The molecular weight excluding hydrogens is 435 g/mol. The van der Waals surface area contributed by atoms with Crippen molar-refractivity contribution in [2.75, 3.05) is 43.9 Å². The first kappa shape index (κ1) is 22.9. The van der Waals surface area contributed by atoms with Crippen LogP contribution in [-0.2, 0) is 15.6 Å². The lowest BCUT2D eigenvalue weighted by Gasteiger charge is -2.37. The molecule has 2 fully saturated rings. The Morgan fingerprint density at radius 1 is 1.09 bits per heavy atom. The fourth-order valence-corrected chi connectivity index (χ4v) is 5.17. The van der Waals surface area contributed by atoms with Gasteiger partial charge in [0.05, 0.1) is 30.9 Å². The zero-order valence-corrected chi connectivity index (χ0v) is 19.0. The normalized spacial score (nSPS) is 20.3. The van der Waals surface area contributed by atoms with Crippen LogP contribution in [0.15, 0.2) is 36.7 Å². The number of halogens is 1. The molecule has 3 heterocycles. The Hall–Kier alpha value is -2.30. The van der Waals surface area contributed by atoms with Crippen molar-refractivity contribution in [3.8, 4) is 5.75 Å². The molecule has 0 amide bonds. The second-order valence-corrected chi connectivity index (χ2v) is 10.6. The standard InChI is InChI=1S/C22H29FN4O4S/c1-32(29,30)27-12-8-22(28,9-13-27)18-2-4-20(5-3-18)31-16-17-6-10-26(11-7-17)21-24-14-19(23)15-25-21/h2-5,14-15,17,28H,6-13,16H2,1H3. The predicted molar refractivity (Wildman–Crippen MR) is 118 cm³/mol. The van der Waals surface area contributed by atoms with Gasteiger partial charge < -0.3 is 14.7 Å². The summed E-state index contributed by atoms with van der Waals surface area (Å²) in [5.74, 6) is 1.28. The maximum Gasteiger partial charge on any atom is 0.225 e. The van der Waals surface area contributed by atoms with Crippen LogP contribution in [0.25, 0.3) is 0 Å². The van der Waals surface area contributed by atoms with Gasteiger partial charge in [-0.15, -0.1) is 0 Å². The smallest absolute Gasteiger partial charge is 0.225 e. The summed E-state index contributed by atoms with van der Waals surface area (Å²) in [4.78, 5) is 10.1. The molecule has 0 spiro atoms. The van der Waals surface area contributed by atoms with E-state index >= 15 is 0 Å². The van der Waals surface area contributed by atoms with Crippen LogP contribution in [0.4, 0.5) is 10.3 Å². The molecule has 8 nitrogen and oxygen atoms in total. The lowest BCUT2D eigenvalue weighted by atomic mass is 9.85. The van der Waals surface area contributed by atoms with Crippen LogP contribution < -0.4 is 9.64 Å². The van der Waals surface area contributed by atoms with Gasteiger partial charge in [0.15, 0.2) is 5.82 Å². The molecule has 2 aromatic rings. The van der Waals surface area contributed by atoms with E-state index in [0.29, 0.717) is 44.4 Å². The van der Waals surface area contributed by atoms with E-state index in [1.54, 1.807) is 0 Å². The fraction of sp³-hybridized carbons (Fsp3) is 0.545. The monoisotopic (exact) mass is 464 g/mol. The molecule has 0 bridgehead atoms. The van der Waals surface area contributed by atoms with Crippen molar-refractivity contribution in [1.82, 2.24) is 14.3 Å². The molecule has 0 saturated carbocycles. The Labute approximate surface area is 188 Å². The summed E-state index contributed by atoms with van der Waals surface area (Å²) >= 11 is 0. The molecule has 1 aromatic carbocycles. The lowest BCUT2D eigenvalue weighted by Crippen LogP contribution is -2.44. The Kier molecular flexibility index (Phi) is 6.64. The topological polar surface area (TPSA) is 95.9 Å². The number of piperidine rings is 2. The Morgan fingerprint density at radius 3 is 2.25 bits per heavy atom. The van der Waals surface area contributed by atoms with Crippen molar-refractivity contribution in [1.29, 1.82) is 0 Å². The zero-order chi connectivity index (χ0) is 22.8. The van der Waals surface area contributed by atoms with Gasteiger partial charge in [-0.05, 0) is 49.3 Å². The summed E-state index contributed by atoms with van der Waals surface area (Å²) in [5.41, 5.74) is -0.236. The van der Waals surface area contributed by atoms with Gasteiger partial charge in [0.1, 0.15) is 5.75 Å². The van der Waals surface area contributed by atoms with Crippen LogP contribution in [-0.4, -0.2) is 66.8 Å². The highest BCUT2D eigenvalue weighted by molar-refractivity contribution is 7.88. The molecule has 174 valence electrons. The maximum atomic E-state index is 13.0. The minimum atomic E-state index is -3.23. The van der Waals surface area contributed by atoms with Crippen LogP contribution in [0.5, 0.6) is 5.75 Å². The van der Waals surface area contributed by atoms with Crippen molar-refractivity contribution in [2.24, 2.45) is 5.92 Å². The molecule has 10 heteroatoms. The number of rotatable bonds is 6. The van der Waals surface area contributed by atoms with Crippen molar-refractivity contribution < 1.29 is 22.7 Å². The molecule has 2 saturated heterocycles. The number of hydrogen-bond donors (Lipinski definition) is 1. The van der Waals surface area contributed by atoms with Gasteiger partial charge in [0.25, 0.3) is 0 Å². The van der Waals surface area contributed by atoms with Gasteiger partial charge in [-0.2, -0.15) is 0 Å². The summed E-state index contributed by atoms with van der Waals surface area (Å²) in [6.07, 6.45) is 6.20. The first-order valence-electron chi connectivity index (χ1n) is 10.9. The minimum Gasteiger partial charge on any atom is -0.493 e. The van der Waals surface area contributed by atoms with Crippen LogP contribution >= 0.6 is 0 Å². The van der Waals surface area contributed by atoms with Crippen LogP contribution in [0.3, 0.4) is 0 Å². The molecule has 1 N–H and O–H groups in total. The van der Waals surface area contributed by atoms with Gasteiger partial charge in [-0.3, -0.25) is 0 Å². The highest BCUT2D eigenvalue weighted by atomic mass is 32.2. The summed E-state index contributed by atoms with van der Waals surface area (Å²) in [6.45, 7) is 2.84. The number of anilines is 1. The van der Waals surface area contributed by atoms with E-state index < -0.39 is 21.4 Å². The number of hydrogen-bond acceptors (Lipinski definition) is 7. The largest absolute Gasteiger partial charge is 0.493 e. The van der Waals surface area contributed by atoms with Gasteiger partial charge in [0.2, 0.25) is 16.0 Å². The number of benzene rings is 1. The third kappa shape index (κ3) is 5.36. The highest BCUT2D eigenvalue weighted by Crippen LogP contribution is 2.34. The van der Waals surface area contributed by atoms with Crippen LogP contribution in [0, 0.1) is 11.7 Å². The van der Waals surface area contributed by atoms with Gasteiger partial charge in [-0.25, -0.2) is 27.1 Å². The predicted octanol–water partition coefficient (Wildman–Crippen LogP) is 2.15.